The van der Waals surface area contributed by atoms with Gasteiger partial charge in [0.05, 0.1) is 0 Å². The van der Waals surface area contributed by atoms with Crippen molar-refractivity contribution in [1.82, 2.24) is 15.4 Å². The van der Waals surface area contributed by atoms with Crippen LogP contribution in [0.5, 0.6) is 11.6 Å². The van der Waals surface area contributed by atoms with Crippen LogP contribution in [-0.2, 0) is 0 Å². The molecule has 0 amide bonds. The molecular weight excluding hydrogens is 376 g/mol. The number of benzene rings is 2. The maximum Gasteiger partial charge on any atom is 0.248 e. The fourth-order valence-electron chi connectivity index (χ4n) is 3.67. The first-order valence-electron chi connectivity index (χ1n) is 9.59. The Hall–Kier alpha value is -3.09. The van der Waals surface area contributed by atoms with Gasteiger partial charge in [-0.15, -0.1) is 5.10 Å². The highest BCUT2D eigenvalue weighted by atomic mass is 19.3. The largest absolute Gasteiger partial charge is 0.437 e. The van der Waals surface area contributed by atoms with Crippen molar-refractivity contribution < 1.29 is 18.3 Å². The molecule has 1 N–H and O–H groups in total. The Morgan fingerprint density at radius 3 is 2.21 bits per heavy atom. The van der Waals surface area contributed by atoms with Crippen molar-refractivity contribution in [2.24, 2.45) is 0 Å². The lowest BCUT2D eigenvalue weighted by Crippen LogP contribution is -2.23. The number of carbonyl (C=O) groups excluding carboxylic acids is 1. The fraction of sp³-hybridized carbons (Fsp3) is 0.318. The third-order valence-corrected chi connectivity index (χ3v) is 5.36. The number of halogens is 2. The molecule has 0 bridgehead atoms. The van der Waals surface area contributed by atoms with Crippen LogP contribution in [0.15, 0.2) is 48.5 Å². The summed E-state index contributed by atoms with van der Waals surface area (Å²) in [6, 6.07) is 15.5. The minimum absolute atomic E-state index is 0.0297. The topological polar surface area (TPSA) is 67.9 Å². The highest BCUT2D eigenvalue weighted by Crippen LogP contribution is 2.41. The van der Waals surface area contributed by atoms with E-state index in [-0.39, 0.29) is 36.1 Å². The molecule has 7 heteroatoms. The normalized spacial score (nSPS) is 16.5. The zero-order chi connectivity index (χ0) is 20.4. The first-order valence-corrected chi connectivity index (χ1v) is 9.59. The quantitative estimate of drug-likeness (QED) is 0.556. The van der Waals surface area contributed by atoms with Crippen molar-refractivity contribution in [3.63, 3.8) is 0 Å². The zero-order valence-electron chi connectivity index (χ0n) is 16.0. The molecule has 29 heavy (non-hydrogen) atoms. The number of rotatable bonds is 5. The number of hydrogen-bond acceptors (Lipinski definition) is 4. The average Bonchev–Trinajstić information content (AvgIpc) is 3.17. The molecule has 0 atom stereocenters. The van der Waals surface area contributed by atoms with Crippen LogP contribution >= 0.6 is 0 Å². The second-order valence-electron chi connectivity index (χ2n) is 7.42. The van der Waals surface area contributed by atoms with Crippen molar-refractivity contribution in [1.29, 1.82) is 0 Å². The maximum absolute atomic E-state index is 13.4. The number of nitrogens with zero attached hydrogens (tertiary/aromatic N) is 2. The van der Waals surface area contributed by atoms with Gasteiger partial charge >= 0.3 is 0 Å². The predicted molar refractivity (Wildman–Crippen MR) is 104 cm³/mol. The number of nitrogens with one attached hydrogen (secondary N) is 1. The van der Waals surface area contributed by atoms with Crippen LogP contribution in [0.1, 0.15) is 54.6 Å². The summed E-state index contributed by atoms with van der Waals surface area (Å²) in [5.74, 6) is -1.75. The van der Waals surface area contributed by atoms with E-state index in [1.807, 2.05) is 36.4 Å². The third kappa shape index (κ3) is 4.34. The first-order chi connectivity index (χ1) is 13.9. The summed E-state index contributed by atoms with van der Waals surface area (Å²) in [6.45, 7) is 1.40. The number of hydrogen-bond donors (Lipinski definition) is 1. The molecule has 1 aliphatic rings. The minimum atomic E-state index is -2.50. The summed E-state index contributed by atoms with van der Waals surface area (Å²) >= 11 is 0. The summed E-state index contributed by atoms with van der Waals surface area (Å²) in [7, 11) is 0. The Bertz CT molecular complexity index is 988. The molecular formula is C22H21F2N3O2. The molecule has 1 aliphatic carbocycles. The molecule has 2 aromatic carbocycles. The zero-order valence-corrected chi connectivity index (χ0v) is 16.0. The van der Waals surface area contributed by atoms with Crippen molar-refractivity contribution in [2.45, 2.75) is 44.4 Å². The molecule has 0 radical (unpaired) electrons. The Labute approximate surface area is 167 Å². The van der Waals surface area contributed by atoms with Crippen LogP contribution < -0.4 is 4.74 Å². The minimum Gasteiger partial charge on any atom is -0.437 e. The van der Waals surface area contributed by atoms with Gasteiger partial charge < -0.3 is 4.74 Å². The molecule has 3 aromatic rings. The van der Waals surface area contributed by atoms with E-state index in [1.165, 1.54) is 6.92 Å². The summed E-state index contributed by atoms with van der Waals surface area (Å²) in [5.41, 5.74) is 3.32. The lowest BCUT2D eigenvalue weighted by Gasteiger charge is -2.28. The second kappa shape index (κ2) is 7.73. The summed E-state index contributed by atoms with van der Waals surface area (Å²) < 4.78 is 32.4. The van der Waals surface area contributed by atoms with E-state index < -0.39 is 5.92 Å². The van der Waals surface area contributed by atoms with E-state index >= 15 is 0 Å². The molecule has 0 saturated heterocycles. The number of ketones is 1. The summed E-state index contributed by atoms with van der Waals surface area (Å²) in [4.78, 5) is 11.5. The Kier molecular flexibility index (Phi) is 5.13. The molecule has 0 aliphatic heterocycles. The van der Waals surface area contributed by atoms with Gasteiger partial charge in [0.15, 0.2) is 11.5 Å². The number of H-pyrrole nitrogens is 1. The van der Waals surface area contributed by atoms with Gasteiger partial charge in [0.1, 0.15) is 5.75 Å². The van der Waals surface area contributed by atoms with E-state index in [2.05, 4.69) is 15.4 Å². The van der Waals surface area contributed by atoms with Gasteiger partial charge in [0, 0.05) is 19.8 Å². The lowest BCUT2D eigenvalue weighted by atomic mass is 9.82. The molecule has 150 valence electrons. The molecule has 0 spiro atoms. The molecule has 1 saturated carbocycles. The Morgan fingerprint density at radius 1 is 1.03 bits per heavy atom. The van der Waals surface area contributed by atoms with Gasteiger partial charge in [0.2, 0.25) is 11.8 Å². The Balaban J connectivity index is 1.44. The lowest BCUT2D eigenvalue weighted by molar-refractivity contribution is -0.0382. The van der Waals surface area contributed by atoms with Gasteiger partial charge in [-0.25, -0.2) is 13.9 Å². The standard InChI is InChI=1S/C22H21F2N3O2/c1-14(28)20-21(26-27-25-20)29-19-8-6-17(7-9-19)15-2-4-16(5-3-15)18-10-12-22(23,24)13-11-18/h2-9,18H,10-13H2,1H3,(H,25,26,27). The molecule has 1 fully saturated rings. The number of ether oxygens (including phenoxy) is 1. The van der Waals surface area contributed by atoms with Crippen molar-refractivity contribution in [3.05, 3.63) is 59.8 Å². The number of aromatic nitrogens is 3. The van der Waals surface area contributed by atoms with Crippen LogP contribution in [-0.4, -0.2) is 27.1 Å². The Morgan fingerprint density at radius 2 is 1.62 bits per heavy atom. The van der Waals surface area contributed by atoms with Crippen LogP contribution in [0.25, 0.3) is 11.1 Å². The molecule has 0 unspecified atom stereocenters. The van der Waals surface area contributed by atoms with Crippen molar-refractivity contribution in [3.8, 4) is 22.8 Å². The second-order valence-corrected chi connectivity index (χ2v) is 7.42. The number of alkyl halides is 2. The van der Waals surface area contributed by atoms with Crippen LogP contribution in [0.3, 0.4) is 0 Å². The number of aromatic amines is 1. The summed E-state index contributed by atoms with van der Waals surface area (Å²) in [5, 5.41) is 9.88. The molecule has 1 aromatic heterocycles. The SMILES string of the molecule is CC(=O)c1nn[nH]c1Oc1ccc(-c2ccc(C3CCC(F)(F)CC3)cc2)cc1. The van der Waals surface area contributed by atoms with Gasteiger partial charge in [-0.1, -0.05) is 41.6 Å². The molecule has 4 rings (SSSR count). The van der Waals surface area contributed by atoms with E-state index in [9.17, 15) is 13.6 Å². The average molecular weight is 397 g/mol. The monoisotopic (exact) mass is 397 g/mol. The smallest absolute Gasteiger partial charge is 0.248 e. The van der Waals surface area contributed by atoms with Crippen molar-refractivity contribution in [2.75, 3.05) is 0 Å². The van der Waals surface area contributed by atoms with E-state index in [0.29, 0.717) is 18.6 Å². The maximum atomic E-state index is 13.4. The number of carbonyl (C=O) groups is 1. The first kappa shape index (κ1) is 19.2. The van der Waals surface area contributed by atoms with E-state index in [1.54, 1.807) is 12.1 Å². The van der Waals surface area contributed by atoms with E-state index in [4.69, 9.17) is 4.74 Å². The highest BCUT2D eigenvalue weighted by molar-refractivity contribution is 5.94. The fourth-order valence-corrected chi connectivity index (χ4v) is 3.67. The molecule has 5 nitrogen and oxygen atoms in total. The highest BCUT2D eigenvalue weighted by Gasteiger charge is 2.35. The van der Waals surface area contributed by atoms with E-state index in [0.717, 1.165) is 16.7 Å². The van der Waals surface area contributed by atoms with Crippen LogP contribution in [0.2, 0.25) is 0 Å². The summed E-state index contributed by atoms with van der Waals surface area (Å²) in [6.07, 6.45) is 1.00. The van der Waals surface area contributed by atoms with Crippen molar-refractivity contribution >= 4 is 5.78 Å². The van der Waals surface area contributed by atoms with Crippen LogP contribution in [0.4, 0.5) is 8.78 Å². The predicted octanol–water partition coefficient (Wildman–Crippen LogP) is 5.76. The van der Waals surface area contributed by atoms with Gasteiger partial charge in [-0.05, 0) is 47.6 Å². The van der Waals surface area contributed by atoms with Crippen LogP contribution in [0, 0.1) is 0 Å². The molecule has 1 heterocycles. The van der Waals surface area contributed by atoms with Gasteiger partial charge in [-0.2, -0.15) is 0 Å². The van der Waals surface area contributed by atoms with Gasteiger partial charge in [-0.3, -0.25) is 4.79 Å². The van der Waals surface area contributed by atoms with Gasteiger partial charge in [0.25, 0.3) is 0 Å². The number of Topliss-reactive ketones (excluding diaryl/α,β-unsaturated/α-hetero) is 1. The third-order valence-electron chi connectivity index (χ3n) is 5.36.